The number of fused-ring (bicyclic) bond motifs is 4. The van der Waals surface area contributed by atoms with Crippen LogP contribution in [0.25, 0.3) is 0 Å². The van der Waals surface area contributed by atoms with E-state index in [9.17, 15) is 26.3 Å². The van der Waals surface area contributed by atoms with E-state index in [-0.39, 0.29) is 61.0 Å². The maximum absolute atomic E-state index is 14.7. The predicted octanol–water partition coefficient (Wildman–Crippen LogP) is 6.97. The molecule has 0 aromatic carbocycles. The van der Waals surface area contributed by atoms with Gasteiger partial charge in [0.25, 0.3) is 0 Å². The summed E-state index contributed by atoms with van der Waals surface area (Å²) in [7, 11) is 3.41. The van der Waals surface area contributed by atoms with Crippen molar-refractivity contribution >= 4 is 0 Å². The van der Waals surface area contributed by atoms with Crippen LogP contribution >= 0.6 is 0 Å². The number of alkyl halides is 6. The van der Waals surface area contributed by atoms with Gasteiger partial charge >= 0.3 is 12.4 Å². The molecule has 2 aliphatic carbocycles. The molecule has 4 bridgehead atoms. The largest absolute Gasteiger partial charge is 0.456 e. The van der Waals surface area contributed by atoms with Gasteiger partial charge in [-0.2, -0.15) is 26.3 Å². The Bertz CT molecular complexity index is 1380. The van der Waals surface area contributed by atoms with Gasteiger partial charge in [-0.3, -0.25) is 0 Å². The predicted molar refractivity (Wildman–Crippen MR) is 169 cm³/mol. The fraction of sp³-hybridized carbons (Fsp3) is 0.889. The first-order valence-corrected chi connectivity index (χ1v) is 18.7. The van der Waals surface area contributed by atoms with Crippen molar-refractivity contribution in [2.24, 2.45) is 35.5 Å². The van der Waals surface area contributed by atoms with Crippen LogP contribution in [-0.2, 0) is 38.5 Å². The van der Waals surface area contributed by atoms with Gasteiger partial charge in [0.1, 0.15) is 0 Å². The molecule has 2 spiro atoms. The first-order valence-electron chi connectivity index (χ1n) is 18.7. The Balaban J connectivity index is 1.03. The van der Waals surface area contributed by atoms with Gasteiger partial charge in [0.2, 0.25) is 35.7 Å². The monoisotopic (exact) mass is 752 g/mol. The molecule has 10 aliphatic rings. The molecule has 0 aromatic rings. The zero-order chi connectivity index (χ0) is 37.2. The van der Waals surface area contributed by atoms with Crippen LogP contribution in [0.3, 0.4) is 0 Å². The quantitative estimate of drug-likeness (QED) is 0.201. The Labute approximate surface area is 299 Å². The minimum Gasteiger partial charge on any atom is -0.456 e. The molecule has 16 heteroatoms. The molecule has 0 radical (unpaired) electrons. The fourth-order valence-electron chi connectivity index (χ4n) is 10.9. The second kappa shape index (κ2) is 12.4. The van der Waals surface area contributed by atoms with E-state index in [4.69, 9.17) is 38.5 Å². The molecule has 294 valence electrons. The van der Waals surface area contributed by atoms with E-state index in [1.165, 1.54) is 0 Å². The summed E-state index contributed by atoms with van der Waals surface area (Å²) >= 11 is 0. The molecule has 10 nitrogen and oxygen atoms in total. The first kappa shape index (κ1) is 37.3. The van der Waals surface area contributed by atoms with E-state index in [2.05, 4.69) is 13.8 Å². The number of ether oxygens (including phenoxy) is 4. The number of likely N-dealkylation sites (N-methyl/N-ethyl adjacent to an activating group) is 2. The molecule has 52 heavy (non-hydrogen) atoms. The minimum absolute atomic E-state index is 0.0774. The highest BCUT2D eigenvalue weighted by molar-refractivity contribution is 5.30. The second-order valence-corrected chi connectivity index (χ2v) is 17.1. The smallest absolute Gasteiger partial charge is 0.449 e. The van der Waals surface area contributed by atoms with Gasteiger partial charge in [-0.25, -0.2) is 19.6 Å². The van der Waals surface area contributed by atoms with Crippen LogP contribution in [0.2, 0.25) is 0 Å². The standard InChI is InChI=1S/C36H50F6N2O8/c1-19-7-9-25-21(27(35(37,38)39)45-29-33(25)23(19)11-13-31(3,47-29)49-51-33)17-43(5)15-16-44(6)18-22-26-10-8-20(2)24-12-14-32(4)48-30(34(24,26)52-50-32)46-28(22)36(40,41)42/h19-20,23-26,29-30H,7-18H2,1-6H3/t19-,20-,23?,24?,25+,26+,29-,30-,31-,32+,33-,34-/m1/s1. The lowest BCUT2D eigenvalue weighted by molar-refractivity contribution is -0.557. The topological polar surface area (TPSA) is 80.3 Å². The summed E-state index contributed by atoms with van der Waals surface area (Å²) in [4.78, 5) is 27.2. The van der Waals surface area contributed by atoms with Gasteiger partial charge in [0, 0.05) is 62.7 Å². The molecule has 12 atom stereocenters. The molecule has 0 amide bonds. The molecule has 0 aromatic heterocycles. The van der Waals surface area contributed by atoms with Gasteiger partial charge in [-0.1, -0.05) is 13.8 Å². The van der Waals surface area contributed by atoms with Crippen LogP contribution < -0.4 is 0 Å². The van der Waals surface area contributed by atoms with E-state index in [1.54, 1.807) is 37.7 Å². The number of halogens is 6. The van der Waals surface area contributed by atoms with E-state index in [1.807, 2.05) is 0 Å². The summed E-state index contributed by atoms with van der Waals surface area (Å²) in [6.45, 7) is 7.83. The Morgan fingerprint density at radius 2 is 0.981 bits per heavy atom. The molecule has 2 saturated carbocycles. The normalized spacial score (nSPS) is 45.7. The van der Waals surface area contributed by atoms with Crippen LogP contribution in [0, 0.1) is 35.5 Å². The third-order valence-electron chi connectivity index (χ3n) is 13.6. The highest BCUT2D eigenvalue weighted by atomic mass is 19.4. The van der Waals surface area contributed by atoms with Crippen molar-refractivity contribution in [1.29, 1.82) is 0 Å². The SMILES string of the molecule is C[C@@H]1CC[C@H]2C(CN(C)CCN(C)CC3=C(C(F)(F)F)O[C@@H]4O[C@]5(C)CCC6[C@H](C)CC[C@@H]3[C@]64OO5)=C(C(F)(F)F)O[C@@H]3O[C@@]4(C)CCC1[C@]32OO4. The van der Waals surface area contributed by atoms with Crippen molar-refractivity contribution in [3.63, 3.8) is 0 Å². The average molecular weight is 753 g/mol. The van der Waals surface area contributed by atoms with Gasteiger partial charge < -0.3 is 28.7 Å². The van der Waals surface area contributed by atoms with Crippen LogP contribution in [0.4, 0.5) is 26.3 Å². The highest BCUT2D eigenvalue weighted by Gasteiger charge is 2.72. The second-order valence-electron chi connectivity index (χ2n) is 17.1. The van der Waals surface area contributed by atoms with E-state index >= 15 is 0 Å². The van der Waals surface area contributed by atoms with E-state index < -0.39 is 71.1 Å². The van der Waals surface area contributed by atoms with Crippen molar-refractivity contribution in [3.05, 3.63) is 22.7 Å². The fourth-order valence-corrected chi connectivity index (χ4v) is 10.9. The Morgan fingerprint density at radius 3 is 1.35 bits per heavy atom. The van der Waals surface area contributed by atoms with Gasteiger partial charge in [-0.05, 0) is 89.4 Å². The molecule has 10 rings (SSSR count). The summed E-state index contributed by atoms with van der Waals surface area (Å²) in [6, 6.07) is 0. The highest BCUT2D eigenvalue weighted by Crippen LogP contribution is 2.63. The van der Waals surface area contributed by atoms with Gasteiger partial charge in [0.05, 0.1) is 0 Å². The van der Waals surface area contributed by atoms with Crippen LogP contribution in [-0.4, -0.2) is 97.8 Å². The lowest BCUT2D eigenvalue weighted by Gasteiger charge is -2.57. The maximum atomic E-state index is 14.7. The maximum Gasteiger partial charge on any atom is 0.449 e. The van der Waals surface area contributed by atoms with E-state index in [0.29, 0.717) is 51.4 Å². The number of nitrogens with zero attached hydrogens (tertiary/aromatic N) is 2. The summed E-state index contributed by atoms with van der Waals surface area (Å²) in [5.74, 6) is -5.84. The minimum atomic E-state index is -4.78. The molecule has 0 N–H and O–H groups in total. The summed E-state index contributed by atoms with van der Waals surface area (Å²) in [5.41, 5.74) is -2.30. The van der Waals surface area contributed by atoms with Crippen molar-refractivity contribution < 1.29 is 64.8 Å². The number of allylic oxidation sites excluding steroid dienone is 2. The molecule has 8 aliphatic heterocycles. The van der Waals surface area contributed by atoms with E-state index in [0.717, 1.165) is 0 Å². The third kappa shape index (κ3) is 5.74. The summed E-state index contributed by atoms with van der Waals surface area (Å²) in [5, 5.41) is 0. The first-order chi connectivity index (χ1) is 24.3. The Kier molecular flexibility index (Phi) is 8.90. The van der Waals surface area contributed by atoms with Crippen LogP contribution in [0.5, 0.6) is 0 Å². The van der Waals surface area contributed by atoms with Crippen LogP contribution in [0.15, 0.2) is 22.7 Å². The average Bonchev–Trinajstić information content (AvgIpc) is 3.43. The molecule has 8 heterocycles. The van der Waals surface area contributed by atoms with Crippen LogP contribution in [0.1, 0.15) is 79.1 Å². The van der Waals surface area contributed by atoms with Crippen molar-refractivity contribution in [2.75, 3.05) is 40.3 Å². The lowest BCUT2D eigenvalue weighted by Crippen LogP contribution is -2.67. The lowest BCUT2D eigenvalue weighted by atomic mass is 9.59. The van der Waals surface area contributed by atoms with Crippen molar-refractivity contribution in [1.82, 2.24) is 9.80 Å². The molecular formula is C36H50F6N2O8. The number of hydrogen-bond donors (Lipinski definition) is 0. The third-order valence-corrected chi connectivity index (χ3v) is 13.6. The van der Waals surface area contributed by atoms with Gasteiger partial charge in [-0.15, -0.1) is 0 Å². The van der Waals surface area contributed by atoms with Gasteiger partial charge in [0.15, 0.2) is 11.2 Å². The number of hydrogen-bond acceptors (Lipinski definition) is 10. The zero-order valence-electron chi connectivity index (χ0n) is 30.5. The Morgan fingerprint density at radius 1 is 0.596 bits per heavy atom. The molecule has 6 saturated heterocycles. The van der Waals surface area contributed by atoms with Crippen molar-refractivity contribution in [2.45, 2.75) is 127 Å². The zero-order valence-corrected chi connectivity index (χ0v) is 30.5. The summed E-state index contributed by atoms with van der Waals surface area (Å²) < 4.78 is 112. The van der Waals surface area contributed by atoms with Crippen molar-refractivity contribution in [3.8, 4) is 0 Å². The number of rotatable bonds is 7. The molecular weight excluding hydrogens is 702 g/mol. The molecule has 2 unspecified atom stereocenters. The summed E-state index contributed by atoms with van der Waals surface area (Å²) in [6.07, 6.45) is -7.54. The molecule has 8 fully saturated rings. The Hall–Kier alpha value is -1.66.